The minimum Gasteiger partial charge on any atom is -0.465 e. The topological polar surface area (TPSA) is 128 Å². The number of hydrogen-bond acceptors (Lipinski definition) is 7. The van der Waals surface area contributed by atoms with E-state index in [0.29, 0.717) is 0 Å². The predicted octanol–water partition coefficient (Wildman–Crippen LogP) is 3.10. The van der Waals surface area contributed by atoms with E-state index in [1.54, 1.807) is 36.4 Å². The Labute approximate surface area is 209 Å². The Morgan fingerprint density at radius 3 is 1.92 bits per heavy atom. The highest BCUT2D eigenvalue weighted by Crippen LogP contribution is 2.19. The minimum atomic E-state index is -4.04. The van der Waals surface area contributed by atoms with Crippen LogP contribution in [-0.2, 0) is 30.7 Å². The maximum absolute atomic E-state index is 13.3. The zero-order valence-electron chi connectivity index (χ0n) is 20.0. The Kier molecular flexibility index (Phi) is 8.57. The quantitative estimate of drug-likeness (QED) is 0.424. The van der Waals surface area contributed by atoms with Crippen molar-refractivity contribution >= 4 is 33.6 Å². The Bertz CT molecular complexity index is 1320. The molecule has 0 aliphatic rings. The normalized spacial score (nSPS) is 11.9. The first-order valence-corrected chi connectivity index (χ1v) is 12.4. The summed E-state index contributed by atoms with van der Waals surface area (Å²) >= 11 is 0. The average Bonchev–Trinajstić information content (AvgIpc) is 2.87. The van der Waals surface area contributed by atoms with Crippen LogP contribution in [0.2, 0.25) is 0 Å². The molecule has 0 heterocycles. The molecule has 3 aromatic carbocycles. The van der Waals surface area contributed by atoms with Crippen LogP contribution in [-0.4, -0.2) is 46.5 Å². The van der Waals surface area contributed by atoms with E-state index in [-0.39, 0.29) is 28.1 Å². The average molecular weight is 511 g/mol. The molecule has 10 heteroatoms. The summed E-state index contributed by atoms with van der Waals surface area (Å²) in [7, 11) is -1.68. The SMILES string of the molecule is COC(=O)c1cc(NC(=O)[C@@H](Cc2ccccc2)NS(=O)(=O)c2ccc(C)cc2)cc(C(=O)OC)c1. The molecule has 3 rings (SSSR count). The highest BCUT2D eigenvalue weighted by molar-refractivity contribution is 7.89. The van der Waals surface area contributed by atoms with Gasteiger partial charge in [0.2, 0.25) is 15.9 Å². The number of aryl methyl sites for hydroxylation is 1. The lowest BCUT2D eigenvalue weighted by Crippen LogP contribution is -2.45. The fourth-order valence-electron chi connectivity index (χ4n) is 3.41. The van der Waals surface area contributed by atoms with Gasteiger partial charge in [0, 0.05) is 5.69 Å². The van der Waals surface area contributed by atoms with Crippen LogP contribution in [0.4, 0.5) is 5.69 Å². The molecule has 2 N–H and O–H groups in total. The van der Waals surface area contributed by atoms with E-state index in [2.05, 4.69) is 10.0 Å². The number of sulfonamides is 1. The first-order chi connectivity index (χ1) is 17.1. The molecule has 9 nitrogen and oxygen atoms in total. The van der Waals surface area contributed by atoms with Gasteiger partial charge in [-0.25, -0.2) is 18.0 Å². The van der Waals surface area contributed by atoms with Gasteiger partial charge in [-0.2, -0.15) is 4.72 Å². The van der Waals surface area contributed by atoms with E-state index >= 15 is 0 Å². The van der Waals surface area contributed by atoms with Crippen molar-refractivity contribution in [2.24, 2.45) is 0 Å². The van der Waals surface area contributed by atoms with Crippen LogP contribution in [0.5, 0.6) is 0 Å². The van der Waals surface area contributed by atoms with E-state index in [9.17, 15) is 22.8 Å². The van der Waals surface area contributed by atoms with Crippen molar-refractivity contribution in [3.63, 3.8) is 0 Å². The zero-order chi connectivity index (χ0) is 26.3. The smallest absolute Gasteiger partial charge is 0.337 e. The van der Waals surface area contributed by atoms with Crippen molar-refractivity contribution in [2.45, 2.75) is 24.3 Å². The molecule has 36 heavy (non-hydrogen) atoms. The molecule has 0 aliphatic heterocycles. The molecule has 3 aromatic rings. The summed E-state index contributed by atoms with van der Waals surface area (Å²) in [4.78, 5) is 37.5. The van der Waals surface area contributed by atoms with Crippen molar-refractivity contribution in [2.75, 3.05) is 19.5 Å². The monoisotopic (exact) mass is 510 g/mol. The van der Waals surface area contributed by atoms with E-state index in [4.69, 9.17) is 9.47 Å². The van der Waals surface area contributed by atoms with Crippen LogP contribution in [0.1, 0.15) is 31.8 Å². The lowest BCUT2D eigenvalue weighted by Gasteiger charge is -2.19. The molecule has 0 aliphatic carbocycles. The second kappa shape index (κ2) is 11.6. The molecule has 188 valence electrons. The summed E-state index contributed by atoms with van der Waals surface area (Å²) < 4.78 is 38.0. The van der Waals surface area contributed by atoms with Crippen LogP contribution in [0.3, 0.4) is 0 Å². The fraction of sp³-hybridized carbons (Fsp3) is 0.192. The lowest BCUT2D eigenvalue weighted by atomic mass is 10.1. The molecular weight excluding hydrogens is 484 g/mol. The Morgan fingerprint density at radius 2 is 1.39 bits per heavy atom. The molecule has 1 amide bonds. The van der Waals surface area contributed by atoms with Gasteiger partial charge in [0.1, 0.15) is 6.04 Å². The molecule has 0 bridgehead atoms. The molecule has 0 saturated heterocycles. The number of amides is 1. The van der Waals surface area contributed by atoms with Crippen molar-refractivity contribution in [3.8, 4) is 0 Å². The number of hydrogen-bond donors (Lipinski definition) is 2. The van der Waals surface area contributed by atoms with Gasteiger partial charge in [0.15, 0.2) is 0 Å². The third-order valence-electron chi connectivity index (χ3n) is 5.27. The molecule has 0 unspecified atom stereocenters. The predicted molar refractivity (Wildman–Crippen MR) is 133 cm³/mol. The van der Waals surface area contributed by atoms with Crippen molar-refractivity contribution in [3.05, 3.63) is 95.1 Å². The van der Waals surface area contributed by atoms with Gasteiger partial charge < -0.3 is 14.8 Å². The fourth-order valence-corrected chi connectivity index (χ4v) is 4.61. The van der Waals surface area contributed by atoms with Crippen LogP contribution in [0, 0.1) is 6.92 Å². The van der Waals surface area contributed by atoms with Crippen LogP contribution >= 0.6 is 0 Å². The van der Waals surface area contributed by atoms with E-state index in [1.807, 2.05) is 13.0 Å². The molecule has 0 aromatic heterocycles. The van der Waals surface area contributed by atoms with Gasteiger partial charge in [-0.15, -0.1) is 0 Å². The number of ether oxygens (including phenoxy) is 2. The minimum absolute atomic E-state index is 0.00976. The summed E-state index contributed by atoms with van der Waals surface area (Å²) in [6.45, 7) is 1.83. The molecule has 0 saturated carbocycles. The number of methoxy groups -OCH3 is 2. The highest BCUT2D eigenvalue weighted by Gasteiger charge is 2.27. The summed E-state index contributed by atoms with van der Waals surface area (Å²) in [5, 5.41) is 2.60. The lowest BCUT2D eigenvalue weighted by molar-refractivity contribution is -0.117. The van der Waals surface area contributed by atoms with E-state index in [0.717, 1.165) is 11.1 Å². The van der Waals surface area contributed by atoms with Gasteiger partial charge >= 0.3 is 11.9 Å². The second-order valence-corrected chi connectivity index (χ2v) is 9.66. The Balaban J connectivity index is 1.94. The summed E-state index contributed by atoms with van der Waals surface area (Å²) in [6, 6.07) is 17.9. The van der Waals surface area contributed by atoms with Gasteiger partial charge in [-0.05, 0) is 49.2 Å². The van der Waals surface area contributed by atoms with E-state index in [1.165, 1.54) is 44.6 Å². The number of rotatable bonds is 9. The second-order valence-electron chi connectivity index (χ2n) is 7.95. The van der Waals surface area contributed by atoms with Gasteiger partial charge in [-0.3, -0.25) is 4.79 Å². The Hall–Kier alpha value is -4.02. The van der Waals surface area contributed by atoms with Gasteiger partial charge in [-0.1, -0.05) is 48.0 Å². The van der Waals surface area contributed by atoms with Gasteiger partial charge in [0.25, 0.3) is 0 Å². The third kappa shape index (κ3) is 6.77. The number of benzene rings is 3. The number of esters is 2. The van der Waals surface area contributed by atoms with Gasteiger partial charge in [0.05, 0.1) is 30.2 Å². The maximum Gasteiger partial charge on any atom is 0.337 e. The first kappa shape index (κ1) is 26.6. The first-order valence-electron chi connectivity index (χ1n) is 10.9. The highest BCUT2D eigenvalue weighted by atomic mass is 32.2. The van der Waals surface area contributed by atoms with E-state index < -0.39 is 33.9 Å². The van der Waals surface area contributed by atoms with Crippen LogP contribution in [0.15, 0.2) is 77.7 Å². The molecule has 0 spiro atoms. The van der Waals surface area contributed by atoms with Crippen molar-refractivity contribution in [1.29, 1.82) is 0 Å². The third-order valence-corrected chi connectivity index (χ3v) is 6.76. The number of anilines is 1. The standard InChI is InChI=1S/C26H26N2O7S/c1-17-9-11-22(12-10-17)36(32,33)28-23(13-18-7-5-4-6-8-18)24(29)27-21-15-19(25(30)34-2)14-20(16-21)26(31)35-3/h4-12,14-16,23,28H,13H2,1-3H3,(H,27,29)/t23-/m1/s1. The Morgan fingerprint density at radius 1 is 0.833 bits per heavy atom. The van der Waals surface area contributed by atoms with Crippen LogP contribution in [0.25, 0.3) is 0 Å². The van der Waals surface area contributed by atoms with Crippen molar-refractivity contribution < 1.29 is 32.3 Å². The van der Waals surface area contributed by atoms with Crippen molar-refractivity contribution in [1.82, 2.24) is 4.72 Å². The zero-order valence-corrected chi connectivity index (χ0v) is 20.8. The number of nitrogens with one attached hydrogen (secondary N) is 2. The molecular formula is C26H26N2O7S. The largest absolute Gasteiger partial charge is 0.465 e. The maximum atomic E-state index is 13.3. The molecule has 1 atom stereocenters. The summed E-state index contributed by atoms with van der Waals surface area (Å²) in [5.41, 5.74) is 1.73. The number of carbonyl (C=O) groups is 3. The molecule has 0 fully saturated rings. The molecule has 0 radical (unpaired) electrons. The summed E-state index contributed by atoms with van der Waals surface area (Å²) in [5.74, 6) is -2.14. The summed E-state index contributed by atoms with van der Waals surface area (Å²) in [6.07, 6.45) is 0.0539. The number of carbonyl (C=O) groups excluding carboxylic acids is 3. The van der Waals surface area contributed by atoms with Crippen LogP contribution < -0.4 is 10.0 Å².